The number of hydrogen-bond donors (Lipinski definition) is 0. The van der Waals surface area contributed by atoms with Gasteiger partial charge in [-0.05, 0) is 36.8 Å². The highest BCUT2D eigenvalue weighted by Crippen LogP contribution is 2.28. The Bertz CT molecular complexity index is 1010. The molecule has 0 atom stereocenters. The van der Waals surface area contributed by atoms with Crippen molar-refractivity contribution >= 4 is 41.2 Å². The Kier molecular flexibility index (Phi) is 6.83. The van der Waals surface area contributed by atoms with Gasteiger partial charge in [0.15, 0.2) is 5.82 Å². The van der Waals surface area contributed by atoms with Crippen molar-refractivity contribution in [1.82, 2.24) is 14.9 Å². The first-order valence-corrected chi connectivity index (χ1v) is 10.0. The van der Waals surface area contributed by atoms with Crippen LogP contribution in [0.5, 0.6) is 11.5 Å². The quantitative estimate of drug-likeness (QED) is 0.381. The van der Waals surface area contributed by atoms with E-state index in [1.807, 2.05) is 31.2 Å². The molecule has 0 aliphatic heterocycles. The van der Waals surface area contributed by atoms with Crippen LogP contribution >= 0.6 is 35.0 Å². The summed E-state index contributed by atoms with van der Waals surface area (Å²) in [5.41, 5.74) is 1.78. The van der Waals surface area contributed by atoms with Crippen molar-refractivity contribution in [3.05, 3.63) is 63.4 Å². The van der Waals surface area contributed by atoms with Crippen molar-refractivity contribution in [2.24, 2.45) is 5.10 Å². The van der Waals surface area contributed by atoms with Crippen LogP contribution in [0.25, 0.3) is 0 Å². The summed E-state index contributed by atoms with van der Waals surface area (Å²) in [7, 11) is 3.22. The molecule has 0 spiro atoms. The minimum Gasteiger partial charge on any atom is -0.497 e. The maximum atomic E-state index is 6.25. The van der Waals surface area contributed by atoms with Crippen molar-refractivity contribution in [1.29, 1.82) is 0 Å². The van der Waals surface area contributed by atoms with E-state index in [4.69, 9.17) is 32.7 Å². The Balaban J connectivity index is 1.80. The second-order valence-corrected chi connectivity index (χ2v) is 7.50. The maximum absolute atomic E-state index is 6.25. The smallest absolute Gasteiger partial charge is 0.212 e. The minimum atomic E-state index is 0.607. The molecule has 1 heterocycles. The van der Waals surface area contributed by atoms with Crippen LogP contribution in [0.2, 0.25) is 10.0 Å². The molecule has 0 radical (unpaired) electrons. The lowest BCUT2D eigenvalue weighted by molar-refractivity contribution is 0.394. The number of rotatable bonds is 7. The molecule has 0 amide bonds. The predicted molar refractivity (Wildman–Crippen MR) is 113 cm³/mol. The molecule has 6 nitrogen and oxygen atoms in total. The molecule has 0 aliphatic carbocycles. The largest absolute Gasteiger partial charge is 0.497 e. The second-order valence-electron chi connectivity index (χ2n) is 5.72. The van der Waals surface area contributed by atoms with Crippen molar-refractivity contribution in [2.75, 3.05) is 14.2 Å². The first-order chi connectivity index (χ1) is 13.5. The van der Waals surface area contributed by atoms with Crippen molar-refractivity contribution in [3.63, 3.8) is 0 Å². The van der Waals surface area contributed by atoms with Crippen LogP contribution in [-0.2, 0) is 5.75 Å². The maximum Gasteiger partial charge on any atom is 0.212 e. The van der Waals surface area contributed by atoms with Crippen LogP contribution in [0.3, 0.4) is 0 Å². The number of aryl methyl sites for hydroxylation is 1. The van der Waals surface area contributed by atoms with Gasteiger partial charge in [0.1, 0.15) is 11.5 Å². The summed E-state index contributed by atoms with van der Waals surface area (Å²) in [6.07, 6.45) is 1.70. The Labute approximate surface area is 177 Å². The van der Waals surface area contributed by atoms with Gasteiger partial charge < -0.3 is 9.47 Å². The summed E-state index contributed by atoms with van der Waals surface area (Å²) in [4.78, 5) is 0. The van der Waals surface area contributed by atoms with Gasteiger partial charge in [-0.1, -0.05) is 41.0 Å². The zero-order chi connectivity index (χ0) is 20.1. The van der Waals surface area contributed by atoms with Crippen LogP contribution in [-0.4, -0.2) is 35.3 Å². The van der Waals surface area contributed by atoms with Gasteiger partial charge in [-0.15, -0.1) is 10.2 Å². The van der Waals surface area contributed by atoms with E-state index in [0.29, 0.717) is 38.3 Å². The molecule has 0 fully saturated rings. The van der Waals surface area contributed by atoms with E-state index in [1.165, 1.54) is 11.8 Å². The van der Waals surface area contributed by atoms with Crippen LogP contribution < -0.4 is 9.47 Å². The third kappa shape index (κ3) is 4.79. The average molecular weight is 437 g/mol. The topological polar surface area (TPSA) is 61.5 Å². The van der Waals surface area contributed by atoms with Gasteiger partial charge >= 0.3 is 0 Å². The van der Waals surface area contributed by atoms with Crippen molar-refractivity contribution in [2.45, 2.75) is 17.8 Å². The summed E-state index contributed by atoms with van der Waals surface area (Å²) in [6.45, 7) is 1.84. The lowest BCUT2D eigenvalue weighted by atomic mass is 10.2. The molecule has 28 heavy (non-hydrogen) atoms. The zero-order valence-corrected chi connectivity index (χ0v) is 17.8. The van der Waals surface area contributed by atoms with E-state index in [-0.39, 0.29) is 0 Å². The molecular formula is C19H18Cl2N4O2S. The molecule has 0 aliphatic rings. The van der Waals surface area contributed by atoms with Crippen molar-refractivity contribution in [3.8, 4) is 11.5 Å². The van der Waals surface area contributed by atoms with Gasteiger partial charge in [-0.3, -0.25) is 0 Å². The number of halogens is 2. The van der Waals surface area contributed by atoms with Crippen LogP contribution in [0.4, 0.5) is 0 Å². The first kappa shape index (κ1) is 20.5. The zero-order valence-electron chi connectivity index (χ0n) is 15.5. The van der Waals surface area contributed by atoms with Crippen molar-refractivity contribution < 1.29 is 9.47 Å². The second kappa shape index (κ2) is 9.32. The SMILES string of the molecule is COc1ccc(/C=N/n2c(C)nnc2SCc2ccc(Cl)cc2Cl)c(OC)c1. The van der Waals surface area contributed by atoms with E-state index in [2.05, 4.69) is 15.3 Å². The number of hydrogen-bond acceptors (Lipinski definition) is 6. The fourth-order valence-electron chi connectivity index (χ4n) is 2.39. The third-order valence-electron chi connectivity index (χ3n) is 3.89. The molecule has 9 heteroatoms. The summed E-state index contributed by atoms with van der Waals surface area (Å²) >= 11 is 13.7. The number of benzene rings is 2. The van der Waals surface area contributed by atoms with E-state index in [1.54, 1.807) is 37.2 Å². The molecule has 0 unspecified atom stereocenters. The minimum absolute atomic E-state index is 0.607. The van der Waals surface area contributed by atoms with Crippen LogP contribution in [0.15, 0.2) is 46.7 Å². The monoisotopic (exact) mass is 436 g/mol. The molecule has 2 aromatic carbocycles. The molecular weight excluding hydrogens is 419 g/mol. The van der Waals surface area contributed by atoms with E-state index >= 15 is 0 Å². The van der Waals surface area contributed by atoms with E-state index in [9.17, 15) is 0 Å². The summed E-state index contributed by atoms with van der Waals surface area (Å²) in [6, 6.07) is 11.0. The summed E-state index contributed by atoms with van der Waals surface area (Å²) in [5, 5.41) is 14.7. The molecule has 0 saturated carbocycles. The molecule has 3 rings (SSSR count). The molecule has 0 bridgehead atoms. The first-order valence-electron chi connectivity index (χ1n) is 8.27. The number of aromatic nitrogens is 3. The molecule has 0 N–H and O–H groups in total. The number of ether oxygens (including phenoxy) is 2. The number of methoxy groups -OCH3 is 2. The van der Waals surface area contributed by atoms with Gasteiger partial charge in [-0.25, -0.2) is 0 Å². The highest BCUT2D eigenvalue weighted by Gasteiger charge is 2.11. The molecule has 1 aromatic heterocycles. The average Bonchev–Trinajstić information content (AvgIpc) is 3.05. The lowest BCUT2D eigenvalue weighted by Crippen LogP contribution is -1.98. The Morgan fingerprint density at radius 1 is 1.11 bits per heavy atom. The standard InChI is InChI=1S/C19H18Cl2N4O2S/c1-12-23-24-19(28-11-14-4-6-15(20)8-17(14)21)25(12)22-10-13-5-7-16(26-2)9-18(13)27-3/h4-10H,11H2,1-3H3/b22-10+. The molecule has 0 saturated heterocycles. The van der Waals surface area contributed by atoms with Gasteiger partial charge in [0.25, 0.3) is 0 Å². The highest BCUT2D eigenvalue weighted by molar-refractivity contribution is 7.98. The van der Waals surface area contributed by atoms with Gasteiger partial charge in [0, 0.05) is 27.4 Å². The highest BCUT2D eigenvalue weighted by atomic mass is 35.5. The normalized spacial score (nSPS) is 11.2. The van der Waals surface area contributed by atoms with Gasteiger partial charge in [0.05, 0.1) is 20.4 Å². The van der Waals surface area contributed by atoms with Gasteiger partial charge in [-0.2, -0.15) is 9.78 Å². The van der Waals surface area contributed by atoms with Crippen LogP contribution in [0, 0.1) is 6.92 Å². The number of thioether (sulfide) groups is 1. The van der Waals surface area contributed by atoms with E-state index in [0.717, 1.165) is 11.1 Å². The summed E-state index contributed by atoms with van der Waals surface area (Å²) < 4.78 is 12.3. The Morgan fingerprint density at radius 3 is 2.64 bits per heavy atom. The summed E-state index contributed by atoms with van der Waals surface area (Å²) in [5.74, 6) is 2.67. The molecule has 146 valence electrons. The Morgan fingerprint density at radius 2 is 1.93 bits per heavy atom. The molecule has 3 aromatic rings. The van der Waals surface area contributed by atoms with E-state index < -0.39 is 0 Å². The fourth-order valence-corrected chi connectivity index (χ4v) is 3.88. The van der Waals surface area contributed by atoms with Crippen LogP contribution in [0.1, 0.15) is 17.0 Å². The Hall–Kier alpha value is -2.22. The third-order valence-corrected chi connectivity index (χ3v) is 5.45. The van der Waals surface area contributed by atoms with Gasteiger partial charge in [0.2, 0.25) is 5.16 Å². The predicted octanol–water partition coefficient (Wildman–Crippen LogP) is 5.09. The lowest BCUT2D eigenvalue weighted by Gasteiger charge is -2.07. The number of nitrogens with zero attached hydrogens (tertiary/aromatic N) is 4. The fraction of sp³-hybridized carbons (Fsp3) is 0.211.